The largest absolute Gasteiger partial charge is 0.508 e. The van der Waals surface area contributed by atoms with Crippen LogP contribution < -0.4 is 28.7 Å². The minimum Gasteiger partial charge on any atom is -0.508 e. The van der Waals surface area contributed by atoms with E-state index < -0.39 is 23.6 Å². The molecule has 2 heterocycles. The number of amides is 4. The number of nitrogens with zero attached hydrogens (tertiary/aromatic N) is 2. The maximum Gasteiger partial charge on any atom is 0.266 e. The van der Waals surface area contributed by atoms with Gasteiger partial charge in [0.15, 0.2) is 0 Å². The molecule has 624 valence electrons. The van der Waals surface area contributed by atoms with E-state index in [2.05, 4.69) is 218 Å². The Labute approximate surface area is 738 Å². The molecule has 21 aromatic carbocycles. The van der Waals surface area contributed by atoms with Crippen LogP contribution >= 0.6 is 0 Å². The Morgan fingerprint density at radius 3 is 0.703 bits per heavy atom. The minimum atomic E-state index is -0.453. The molecule has 2 aliphatic rings. The second-order valence-corrected chi connectivity index (χ2v) is 38.6. The highest BCUT2D eigenvalue weighted by Crippen LogP contribution is 2.59. The zero-order chi connectivity index (χ0) is 88.2. The summed E-state index contributed by atoms with van der Waals surface area (Å²) in [6, 6.07) is 84.9. The van der Waals surface area contributed by atoms with Crippen LogP contribution in [0.25, 0.3) is 151 Å². The van der Waals surface area contributed by atoms with E-state index in [0.717, 1.165) is 152 Å². The molecule has 0 fully saturated rings. The zero-order valence-corrected chi connectivity index (χ0v) is 73.6. The molecule has 0 radical (unpaired) electrons. The van der Waals surface area contributed by atoms with Gasteiger partial charge in [0.1, 0.15) is 57.5 Å². The van der Waals surface area contributed by atoms with Gasteiger partial charge in [-0.3, -0.25) is 19.2 Å². The molecule has 12 heteroatoms. The maximum atomic E-state index is 16.1. The Hall–Kier alpha value is -14.9. The Kier molecular flexibility index (Phi) is 16.9. The van der Waals surface area contributed by atoms with Crippen molar-refractivity contribution in [3.05, 3.63) is 310 Å². The van der Waals surface area contributed by atoms with Gasteiger partial charge >= 0.3 is 0 Å². The van der Waals surface area contributed by atoms with E-state index in [1.54, 1.807) is 48.5 Å². The molecule has 21 aromatic rings. The summed E-state index contributed by atoms with van der Waals surface area (Å²) in [7, 11) is 0. The van der Waals surface area contributed by atoms with Crippen molar-refractivity contribution in [2.24, 2.45) is 0 Å². The number of aromatic hydroxyl groups is 2. The number of phenols is 2. The molecule has 0 saturated carbocycles. The van der Waals surface area contributed by atoms with E-state index in [1.165, 1.54) is 9.80 Å². The summed E-state index contributed by atoms with van der Waals surface area (Å²) < 4.78 is 28.9. The Morgan fingerprint density at radius 1 is 0.242 bits per heavy atom. The number of anilines is 2. The minimum absolute atomic E-state index is 0.0309. The third kappa shape index (κ3) is 11.4. The molecule has 2 aliphatic heterocycles. The SMILES string of the molecule is CC(C)c1cccc(C(C)C)c1N1C(=O)c2cc(Oc3ccc(O)cc3)c3c4ccc5c6cc7ccc8cc9c(cc8ccc7cc6c6ccc(c7c(Oc8ccc(C(C)(C)C)cc8)cc(c2c37)C1=O)c4c56)c1ccc2c3c(Oc4ccc(C(C)(C)C)cc4)cc4c5c(cc(Oc6ccc(O)cc6)c(c6ccc9c1c62)c53)C(=O)N(c1c(C(C)C)cccc1C(C)C)C4=O. The normalized spacial score (nSPS) is 13.6. The molecule has 12 nitrogen and oxygen atoms in total. The second kappa shape index (κ2) is 27.8. The fraction of sp³-hybridized carbons (Fsp3) is 0.172. The molecule has 0 bridgehead atoms. The lowest BCUT2D eigenvalue weighted by Gasteiger charge is -2.33. The van der Waals surface area contributed by atoms with Crippen LogP contribution in [0.3, 0.4) is 0 Å². The first kappa shape index (κ1) is 77.9. The van der Waals surface area contributed by atoms with Crippen molar-refractivity contribution in [2.75, 3.05) is 9.80 Å². The van der Waals surface area contributed by atoms with Gasteiger partial charge in [-0.05, 0) is 297 Å². The first-order valence-corrected chi connectivity index (χ1v) is 44.4. The Bertz CT molecular complexity index is 7830. The van der Waals surface area contributed by atoms with E-state index in [9.17, 15) is 10.2 Å². The third-order valence-electron chi connectivity index (χ3n) is 27.4. The summed E-state index contributed by atoms with van der Waals surface area (Å²) in [6.45, 7) is 29.8. The lowest BCUT2D eigenvalue weighted by atomic mass is 9.82. The number of hydrogen-bond donors (Lipinski definition) is 2. The van der Waals surface area contributed by atoms with Crippen LogP contribution in [0.5, 0.6) is 57.5 Å². The number of fused-ring (bicyclic) bond motifs is 12. The first-order valence-electron chi connectivity index (χ1n) is 44.4. The van der Waals surface area contributed by atoms with Crippen LogP contribution in [0.2, 0.25) is 0 Å². The number of carbonyl (C=O) groups is 4. The monoisotopic (exact) mass is 1670 g/mol. The first-order chi connectivity index (χ1) is 61.5. The molecular weight excluding hydrogens is 1580 g/mol. The number of rotatable bonds is 14. The molecule has 0 aliphatic carbocycles. The summed E-state index contributed by atoms with van der Waals surface area (Å²) in [5, 5.41) is 46.9. The smallest absolute Gasteiger partial charge is 0.266 e. The van der Waals surface area contributed by atoms with Gasteiger partial charge in [0.2, 0.25) is 0 Å². The lowest BCUT2D eigenvalue weighted by Crippen LogP contribution is -2.42. The van der Waals surface area contributed by atoms with Gasteiger partial charge in [-0.25, -0.2) is 9.80 Å². The predicted molar refractivity (Wildman–Crippen MR) is 523 cm³/mol. The molecule has 2 N–H and O–H groups in total. The topological polar surface area (TPSA) is 152 Å². The third-order valence-corrected chi connectivity index (χ3v) is 27.4. The van der Waals surface area contributed by atoms with Gasteiger partial charge in [-0.2, -0.15) is 0 Å². The zero-order valence-electron chi connectivity index (χ0n) is 73.6. The summed E-state index contributed by atoms with van der Waals surface area (Å²) in [6.07, 6.45) is 0. The predicted octanol–water partition coefficient (Wildman–Crippen LogP) is 31.4. The Morgan fingerprint density at radius 2 is 0.469 bits per heavy atom. The van der Waals surface area contributed by atoms with Crippen molar-refractivity contribution >= 4 is 186 Å². The van der Waals surface area contributed by atoms with Crippen LogP contribution in [0.15, 0.2) is 255 Å². The van der Waals surface area contributed by atoms with Gasteiger partial charge in [-0.1, -0.05) is 230 Å². The van der Waals surface area contributed by atoms with Crippen molar-refractivity contribution in [2.45, 2.75) is 131 Å². The van der Waals surface area contributed by atoms with Crippen LogP contribution in [-0.2, 0) is 10.8 Å². The van der Waals surface area contributed by atoms with Gasteiger partial charge in [0.25, 0.3) is 23.6 Å². The van der Waals surface area contributed by atoms with Gasteiger partial charge in [0.05, 0.1) is 33.6 Å². The number of phenolic OH excluding ortho intramolecular Hbond substituents is 2. The van der Waals surface area contributed by atoms with E-state index in [1.807, 2.05) is 84.9 Å². The van der Waals surface area contributed by atoms with Crippen molar-refractivity contribution < 1.29 is 48.3 Å². The fourth-order valence-electron chi connectivity index (χ4n) is 21.3. The molecule has 0 atom stereocenters. The standard InChI is InChI=1S/C116H90N2O10/c1-57(2)73-17-15-18-74(58(3)4)109(73)117-111(121)89-53-93(125-69-33-25-65(26-34-69)115(9,10)11)103-81-45-41-77-85-49-61-21-22-62-50-86-78-42-46-82-100-84(48-44-80(98(78)100)88(86)52-64(62)24-23-63(61)51-87(85)79-43-47-83(99(81)97(77)79)105-95(127-71-37-29-67(119)30-38-71)55-91(113(117)123)101(89)107(103)105)106-96(128-72-39-31-68(120)32-40-72)56-92-102-90(54-94(104(82)108(102)106)126-70-35-27-66(28-36-70)116(12,13)14)112(122)118(114(92)124)110-75(59(5)6)19-16-20-76(110)60(7)8/h15-60,119-120H,1-14H3. The Balaban J connectivity index is 0.730. The van der Waals surface area contributed by atoms with Crippen LogP contribution in [-0.4, -0.2) is 33.8 Å². The number of benzene rings is 18. The van der Waals surface area contributed by atoms with E-state index in [4.69, 9.17) is 18.9 Å². The second-order valence-electron chi connectivity index (χ2n) is 38.6. The van der Waals surface area contributed by atoms with Gasteiger partial charge in [-0.15, -0.1) is 0 Å². The number of ether oxygens (including phenoxy) is 4. The number of imide groups is 2. The number of carbonyl (C=O) groups excluding carboxylic acids is 4. The molecule has 0 unspecified atom stereocenters. The van der Waals surface area contributed by atoms with E-state index in [0.29, 0.717) is 112 Å². The van der Waals surface area contributed by atoms with E-state index >= 15 is 19.2 Å². The van der Waals surface area contributed by atoms with Crippen LogP contribution in [0.4, 0.5) is 11.4 Å². The highest BCUT2D eigenvalue weighted by molar-refractivity contribution is 6.50. The molecular formula is C116H90N2O10. The highest BCUT2D eigenvalue weighted by Gasteiger charge is 2.44. The molecule has 128 heavy (non-hydrogen) atoms. The fourth-order valence-corrected chi connectivity index (χ4v) is 21.3. The van der Waals surface area contributed by atoms with Crippen LogP contribution in [0.1, 0.15) is 195 Å². The highest BCUT2D eigenvalue weighted by atomic mass is 16.5. The molecule has 4 amide bonds. The summed E-state index contributed by atoms with van der Waals surface area (Å²) in [5.74, 6) is 2.02. The van der Waals surface area contributed by atoms with Crippen LogP contribution in [0, 0.1) is 0 Å². The molecule has 23 rings (SSSR count). The van der Waals surface area contributed by atoms with E-state index in [-0.39, 0.29) is 46.0 Å². The van der Waals surface area contributed by atoms with Crippen molar-refractivity contribution in [3.63, 3.8) is 0 Å². The van der Waals surface area contributed by atoms with Crippen molar-refractivity contribution in [1.82, 2.24) is 0 Å². The maximum absolute atomic E-state index is 16.1. The molecule has 0 aromatic heterocycles. The molecule has 0 saturated heterocycles. The summed E-state index contributed by atoms with van der Waals surface area (Å²) >= 11 is 0. The summed E-state index contributed by atoms with van der Waals surface area (Å²) in [5.41, 5.74) is 8.04. The summed E-state index contributed by atoms with van der Waals surface area (Å²) in [4.78, 5) is 67.3. The number of para-hydroxylation sites is 2. The van der Waals surface area contributed by atoms with Gasteiger partial charge < -0.3 is 29.2 Å². The molecule has 0 spiro atoms. The lowest BCUT2D eigenvalue weighted by molar-refractivity contribution is 0.0877. The van der Waals surface area contributed by atoms with Crippen molar-refractivity contribution in [3.8, 4) is 57.5 Å². The van der Waals surface area contributed by atoms with Crippen molar-refractivity contribution in [1.29, 1.82) is 0 Å². The quantitative estimate of drug-likeness (QED) is 0.0611. The average Bonchev–Trinajstić information content (AvgIpc) is 0.985. The average molecular weight is 1670 g/mol. The van der Waals surface area contributed by atoms with Gasteiger partial charge in [0, 0.05) is 43.1 Å². The number of hydrogen-bond acceptors (Lipinski definition) is 10.